The number of amides is 2. The lowest BCUT2D eigenvalue weighted by molar-refractivity contribution is 0.0804. The number of aromatic nitrogens is 4. The van der Waals surface area contributed by atoms with Gasteiger partial charge in [-0.1, -0.05) is 23.4 Å². The molecule has 1 aromatic carbocycles. The number of aryl methyl sites for hydroxylation is 1. The summed E-state index contributed by atoms with van der Waals surface area (Å²) in [5.41, 5.74) is 3.47. The molecule has 0 bridgehead atoms. The van der Waals surface area contributed by atoms with Crippen LogP contribution < -0.4 is 5.32 Å². The summed E-state index contributed by atoms with van der Waals surface area (Å²) in [6.07, 6.45) is 2.97. The summed E-state index contributed by atoms with van der Waals surface area (Å²) in [4.78, 5) is 30.4. The normalized spacial score (nSPS) is 13.8. The van der Waals surface area contributed by atoms with Crippen LogP contribution >= 0.6 is 0 Å². The lowest BCUT2D eigenvalue weighted by atomic mass is 10.0. The fourth-order valence-electron chi connectivity index (χ4n) is 3.63. The summed E-state index contributed by atoms with van der Waals surface area (Å²) in [5.74, 6) is 0.619. The standard InChI is InChI=1S/C22H20N6O4/c1-13-6-7-14(19-25-21(32-26-19)15-11-27(12-15)22(30)31-2)9-17(13)24-20(29)16-10-23-28-8-4-3-5-18(16)28/h3-10,15H,11-12H2,1-2H3,(H,24,29). The third-order valence-electron chi connectivity index (χ3n) is 5.52. The minimum atomic E-state index is -0.369. The monoisotopic (exact) mass is 432 g/mol. The molecule has 5 rings (SSSR count). The number of nitrogens with zero attached hydrogens (tertiary/aromatic N) is 5. The highest BCUT2D eigenvalue weighted by atomic mass is 16.5. The van der Waals surface area contributed by atoms with Gasteiger partial charge in [-0.05, 0) is 30.7 Å². The summed E-state index contributed by atoms with van der Waals surface area (Å²) in [7, 11) is 1.35. The number of likely N-dealkylation sites (tertiary alicyclic amines) is 1. The average Bonchev–Trinajstić information content (AvgIpc) is 3.41. The highest BCUT2D eigenvalue weighted by Gasteiger charge is 2.36. The van der Waals surface area contributed by atoms with E-state index >= 15 is 0 Å². The molecule has 2 amide bonds. The van der Waals surface area contributed by atoms with Crippen molar-refractivity contribution in [1.29, 1.82) is 0 Å². The lowest BCUT2D eigenvalue weighted by Gasteiger charge is -2.35. The van der Waals surface area contributed by atoms with Gasteiger partial charge in [0.1, 0.15) is 0 Å². The van der Waals surface area contributed by atoms with Crippen LogP contribution in [0.15, 0.2) is 53.3 Å². The fourth-order valence-corrected chi connectivity index (χ4v) is 3.63. The maximum absolute atomic E-state index is 12.9. The summed E-state index contributed by atoms with van der Waals surface area (Å²) in [5, 5.41) is 11.2. The Hall–Kier alpha value is -4.21. The molecule has 162 valence electrons. The van der Waals surface area contributed by atoms with Gasteiger partial charge in [0.05, 0.1) is 30.3 Å². The zero-order chi connectivity index (χ0) is 22.2. The van der Waals surface area contributed by atoms with Gasteiger partial charge < -0.3 is 19.5 Å². The molecular weight excluding hydrogens is 412 g/mol. The maximum Gasteiger partial charge on any atom is 0.409 e. The quantitative estimate of drug-likeness (QED) is 0.527. The van der Waals surface area contributed by atoms with Crippen LogP contribution in [-0.4, -0.2) is 56.9 Å². The molecule has 10 heteroatoms. The molecule has 10 nitrogen and oxygen atoms in total. The van der Waals surface area contributed by atoms with Crippen LogP contribution in [0.25, 0.3) is 16.9 Å². The van der Waals surface area contributed by atoms with E-state index in [0.29, 0.717) is 41.6 Å². The van der Waals surface area contributed by atoms with Crippen LogP contribution in [0.1, 0.15) is 27.7 Å². The predicted octanol–water partition coefficient (Wildman–Crippen LogP) is 3.11. The first-order valence-electron chi connectivity index (χ1n) is 10.0. The molecule has 1 N–H and O–H groups in total. The molecule has 1 aliphatic heterocycles. The van der Waals surface area contributed by atoms with Crippen molar-refractivity contribution in [3.8, 4) is 11.4 Å². The van der Waals surface area contributed by atoms with E-state index in [0.717, 1.165) is 11.1 Å². The summed E-state index contributed by atoms with van der Waals surface area (Å²) < 4.78 is 11.8. The second-order valence-electron chi connectivity index (χ2n) is 7.60. The van der Waals surface area contributed by atoms with Gasteiger partial charge in [-0.3, -0.25) is 4.79 Å². The summed E-state index contributed by atoms with van der Waals surface area (Å²) >= 11 is 0. The molecule has 0 saturated carbocycles. The van der Waals surface area contributed by atoms with Crippen molar-refractivity contribution in [1.82, 2.24) is 24.7 Å². The Morgan fingerprint density at radius 1 is 1.22 bits per heavy atom. The number of methoxy groups -OCH3 is 1. The Morgan fingerprint density at radius 3 is 2.88 bits per heavy atom. The van der Waals surface area contributed by atoms with Crippen LogP contribution in [0.3, 0.4) is 0 Å². The number of rotatable bonds is 4. The minimum absolute atomic E-state index is 0.0180. The SMILES string of the molecule is COC(=O)N1CC(c2nc(-c3ccc(C)c(NC(=O)c4cnn5ccccc45)c3)no2)C1. The molecule has 1 saturated heterocycles. The van der Waals surface area contributed by atoms with Gasteiger partial charge in [0.15, 0.2) is 0 Å². The van der Waals surface area contributed by atoms with Crippen molar-refractivity contribution in [2.75, 3.05) is 25.5 Å². The van der Waals surface area contributed by atoms with E-state index in [1.54, 1.807) is 21.8 Å². The van der Waals surface area contributed by atoms with E-state index in [9.17, 15) is 9.59 Å². The third-order valence-corrected chi connectivity index (χ3v) is 5.52. The predicted molar refractivity (Wildman–Crippen MR) is 114 cm³/mol. The van der Waals surface area contributed by atoms with E-state index < -0.39 is 0 Å². The summed E-state index contributed by atoms with van der Waals surface area (Å²) in [6.45, 7) is 2.86. The van der Waals surface area contributed by atoms with Crippen LogP contribution in [0.4, 0.5) is 10.5 Å². The molecule has 3 aromatic heterocycles. The Labute approximate surface area is 182 Å². The number of nitrogens with one attached hydrogen (secondary N) is 1. The number of pyridine rings is 1. The van der Waals surface area contributed by atoms with Crippen molar-refractivity contribution < 1.29 is 18.8 Å². The van der Waals surface area contributed by atoms with Crippen molar-refractivity contribution >= 4 is 23.2 Å². The second kappa shape index (κ2) is 7.80. The number of hydrogen-bond acceptors (Lipinski definition) is 7. The van der Waals surface area contributed by atoms with Gasteiger partial charge in [0, 0.05) is 30.5 Å². The van der Waals surface area contributed by atoms with Crippen LogP contribution in [0, 0.1) is 6.92 Å². The zero-order valence-corrected chi connectivity index (χ0v) is 17.5. The molecule has 32 heavy (non-hydrogen) atoms. The highest BCUT2D eigenvalue weighted by molar-refractivity contribution is 6.09. The smallest absolute Gasteiger partial charge is 0.409 e. The van der Waals surface area contributed by atoms with E-state index in [1.165, 1.54) is 7.11 Å². The Morgan fingerprint density at radius 2 is 2.06 bits per heavy atom. The van der Waals surface area contributed by atoms with E-state index in [-0.39, 0.29) is 17.9 Å². The lowest BCUT2D eigenvalue weighted by Crippen LogP contribution is -2.48. The third kappa shape index (κ3) is 3.45. The zero-order valence-electron chi connectivity index (χ0n) is 17.5. The first kappa shape index (κ1) is 19.7. The van der Waals surface area contributed by atoms with Crippen LogP contribution in [-0.2, 0) is 4.74 Å². The Kier molecular flexibility index (Phi) is 4.81. The first-order chi connectivity index (χ1) is 15.5. The molecule has 0 radical (unpaired) electrons. The number of anilines is 1. The van der Waals surface area contributed by atoms with Crippen LogP contribution in [0.5, 0.6) is 0 Å². The molecule has 0 spiro atoms. The maximum atomic E-state index is 12.9. The van der Waals surface area contributed by atoms with Crippen molar-refractivity contribution in [3.63, 3.8) is 0 Å². The minimum Gasteiger partial charge on any atom is -0.453 e. The van der Waals surface area contributed by atoms with Gasteiger partial charge in [-0.25, -0.2) is 9.31 Å². The van der Waals surface area contributed by atoms with E-state index in [2.05, 4.69) is 20.6 Å². The Balaban J connectivity index is 1.34. The number of carbonyl (C=O) groups excluding carboxylic acids is 2. The van der Waals surface area contributed by atoms with Crippen molar-refractivity contribution in [3.05, 3.63) is 65.8 Å². The molecule has 0 atom stereocenters. The molecule has 0 aliphatic carbocycles. The van der Waals surface area contributed by atoms with E-state index in [1.807, 2.05) is 43.3 Å². The highest BCUT2D eigenvalue weighted by Crippen LogP contribution is 2.29. The van der Waals surface area contributed by atoms with Gasteiger partial charge in [-0.2, -0.15) is 10.1 Å². The molecule has 4 aromatic rings. The fraction of sp³-hybridized carbons (Fsp3) is 0.227. The van der Waals surface area contributed by atoms with Gasteiger partial charge in [0.25, 0.3) is 5.91 Å². The van der Waals surface area contributed by atoms with Gasteiger partial charge in [0.2, 0.25) is 11.7 Å². The number of fused-ring (bicyclic) bond motifs is 1. The largest absolute Gasteiger partial charge is 0.453 e. The second-order valence-corrected chi connectivity index (χ2v) is 7.60. The first-order valence-corrected chi connectivity index (χ1v) is 10.0. The van der Waals surface area contributed by atoms with Crippen molar-refractivity contribution in [2.45, 2.75) is 12.8 Å². The summed E-state index contributed by atoms with van der Waals surface area (Å²) in [6, 6.07) is 11.1. The Bertz CT molecular complexity index is 1320. The molecule has 1 aliphatic rings. The van der Waals surface area contributed by atoms with Crippen molar-refractivity contribution in [2.24, 2.45) is 0 Å². The number of benzene rings is 1. The number of ether oxygens (including phenoxy) is 1. The topological polar surface area (TPSA) is 115 Å². The molecule has 0 unspecified atom stereocenters. The van der Waals surface area contributed by atoms with Crippen LogP contribution in [0.2, 0.25) is 0 Å². The van der Waals surface area contributed by atoms with Gasteiger partial charge >= 0.3 is 6.09 Å². The molecule has 1 fully saturated rings. The molecular formula is C22H20N6O4. The number of carbonyl (C=O) groups is 2. The van der Waals surface area contributed by atoms with Gasteiger partial charge in [-0.15, -0.1) is 0 Å². The molecule has 4 heterocycles. The number of hydrogen-bond donors (Lipinski definition) is 1. The average molecular weight is 432 g/mol. The van der Waals surface area contributed by atoms with E-state index in [4.69, 9.17) is 9.26 Å².